The van der Waals surface area contributed by atoms with Crippen molar-refractivity contribution in [2.45, 2.75) is 87.5 Å². The average Bonchev–Trinajstić information content (AvgIpc) is 3.43. The number of aliphatic hydroxyl groups excluding tert-OH is 1. The number of alkyl carbamates (subject to hydrolysis) is 1. The second kappa shape index (κ2) is 13.2. The first-order valence-corrected chi connectivity index (χ1v) is 18.6. The van der Waals surface area contributed by atoms with Crippen LogP contribution in [0, 0.1) is 23.6 Å². The first kappa shape index (κ1) is 32.7. The van der Waals surface area contributed by atoms with E-state index in [0.29, 0.717) is 30.1 Å². The minimum Gasteiger partial charge on any atom is -0.446 e. The van der Waals surface area contributed by atoms with E-state index in [9.17, 15) is 22.7 Å². The summed E-state index contributed by atoms with van der Waals surface area (Å²) in [4.78, 5) is 18.0. The van der Waals surface area contributed by atoms with Crippen LogP contribution >= 0.6 is 11.3 Å². The normalized spacial score (nSPS) is 26.6. The molecule has 2 unspecified atom stereocenters. The van der Waals surface area contributed by atoms with Crippen molar-refractivity contribution < 1.29 is 36.9 Å². The molecule has 2 bridgehead atoms. The van der Waals surface area contributed by atoms with Gasteiger partial charge in [-0.3, -0.25) is 0 Å². The highest BCUT2D eigenvalue weighted by molar-refractivity contribution is 7.89. The van der Waals surface area contributed by atoms with Crippen LogP contribution in [0.15, 0.2) is 47.4 Å². The summed E-state index contributed by atoms with van der Waals surface area (Å²) in [5.74, 6) is -0.236. The number of fused-ring (bicyclic) bond motifs is 2. The number of hydrogen-bond acceptors (Lipinski definition) is 10. The summed E-state index contributed by atoms with van der Waals surface area (Å²) in [5, 5.41) is 18.6. The SMILES string of the molecule is CC(C)CN(C[C@@H](O)[C@H](Cc1ccc(F)cc1)NC(=O)OC1C[C@H]2C[C@H]3C1CO[C@H]3O2)S(=O)(=O)c1ccc2nc(NC3CC3)sc2c1. The number of benzene rings is 2. The fourth-order valence-corrected chi connectivity index (χ4v) is 9.61. The van der Waals surface area contributed by atoms with Gasteiger partial charge in [0.2, 0.25) is 10.0 Å². The number of aliphatic hydroxyl groups is 1. The maximum Gasteiger partial charge on any atom is 0.407 e. The third kappa shape index (κ3) is 7.27. The van der Waals surface area contributed by atoms with Gasteiger partial charge in [0.05, 0.1) is 40.0 Å². The van der Waals surface area contributed by atoms with Crippen LogP contribution in [0.4, 0.5) is 14.3 Å². The highest BCUT2D eigenvalue weighted by Gasteiger charge is 2.54. The van der Waals surface area contributed by atoms with Crippen LogP contribution in [0.2, 0.25) is 0 Å². The molecule has 2 saturated heterocycles. The summed E-state index contributed by atoms with van der Waals surface area (Å²) in [5.41, 5.74) is 1.38. The lowest BCUT2D eigenvalue weighted by atomic mass is 9.79. The summed E-state index contributed by atoms with van der Waals surface area (Å²) in [7, 11) is -4.05. The summed E-state index contributed by atoms with van der Waals surface area (Å²) in [6.45, 7) is 4.13. The molecular formula is C33H41FN4O7S2. The van der Waals surface area contributed by atoms with Crippen LogP contribution < -0.4 is 10.6 Å². The Hall–Kier alpha value is -2.88. The van der Waals surface area contributed by atoms with Crippen molar-refractivity contribution in [2.24, 2.45) is 17.8 Å². The lowest BCUT2D eigenvalue weighted by Crippen LogP contribution is -2.52. The number of anilines is 1. The fourth-order valence-electron chi connectivity index (χ4n) is 6.91. The number of carbonyl (C=O) groups excluding carboxylic acids is 1. The number of ether oxygens (including phenoxy) is 3. The molecule has 1 aromatic heterocycles. The van der Waals surface area contributed by atoms with E-state index < -0.39 is 40.2 Å². The fraction of sp³-hybridized carbons (Fsp3) is 0.576. The Kier molecular flexibility index (Phi) is 9.17. The Morgan fingerprint density at radius 2 is 1.94 bits per heavy atom. The van der Waals surface area contributed by atoms with Gasteiger partial charge in [-0.15, -0.1) is 0 Å². The molecule has 2 aliphatic carbocycles. The summed E-state index contributed by atoms with van der Waals surface area (Å²) in [6.07, 6.45) is 1.09. The molecule has 1 amide bonds. The van der Waals surface area contributed by atoms with Gasteiger partial charge in [0.25, 0.3) is 0 Å². The number of halogens is 1. The predicted octanol–water partition coefficient (Wildman–Crippen LogP) is 4.50. The van der Waals surface area contributed by atoms with Crippen LogP contribution in [-0.4, -0.2) is 85.3 Å². The van der Waals surface area contributed by atoms with E-state index in [-0.39, 0.29) is 54.6 Å². The number of carbonyl (C=O) groups is 1. The van der Waals surface area contributed by atoms with Gasteiger partial charge >= 0.3 is 6.09 Å². The molecule has 7 rings (SSSR count). The lowest BCUT2D eigenvalue weighted by molar-refractivity contribution is -0.130. The van der Waals surface area contributed by atoms with Gasteiger partial charge in [-0.05, 0) is 67.5 Å². The molecule has 14 heteroatoms. The number of amides is 1. The molecule has 3 aromatic rings. The zero-order valence-corrected chi connectivity index (χ0v) is 28.0. The molecule has 0 spiro atoms. The highest BCUT2D eigenvalue weighted by atomic mass is 32.2. The Balaban J connectivity index is 1.09. The zero-order chi connectivity index (χ0) is 32.9. The molecule has 7 atom stereocenters. The summed E-state index contributed by atoms with van der Waals surface area (Å²) < 4.78 is 61.4. The molecule has 254 valence electrons. The third-order valence-corrected chi connectivity index (χ3v) is 12.2. The molecule has 3 N–H and O–H groups in total. The topological polar surface area (TPSA) is 139 Å². The maximum absolute atomic E-state index is 14.1. The monoisotopic (exact) mass is 688 g/mol. The predicted molar refractivity (Wildman–Crippen MR) is 174 cm³/mol. The first-order chi connectivity index (χ1) is 22.5. The molecular weight excluding hydrogens is 648 g/mol. The first-order valence-electron chi connectivity index (χ1n) is 16.4. The van der Waals surface area contributed by atoms with Gasteiger partial charge in [-0.2, -0.15) is 4.31 Å². The molecule has 2 saturated carbocycles. The van der Waals surface area contributed by atoms with Crippen molar-refractivity contribution in [2.75, 3.05) is 25.0 Å². The quantitative estimate of drug-likeness (QED) is 0.237. The standard InChI is InChI=1S/C33H41FN4O7S2/c1-18(2)15-38(47(41,42)23-9-10-26-30(14-23)46-32(36-26)35-21-7-8-21)16-28(39)27(11-19-3-5-20(34)6-4-19)37-33(40)45-29-13-22-12-24-25(29)17-43-31(24)44-22/h3-6,9-10,14,18,21-22,24-25,27-29,31,39H,7-8,11-13,15-17H2,1-2H3,(H,35,36)(H,37,40)/t22-,24+,25?,27+,28-,29?,31+/m1/s1. The number of rotatable bonds is 13. The molecule has 4 fully saturated rings. The van der Waals surface area contributed by atoms with E-state index in [1.165, 1.54) is 27.8 Å². The Morgan fingerprint density at radius 1 is 1.15 bits per heavy atom. The van der Waals surface area contributed by atoms with E-state index in [1.54, 1.807) is 30.3 Å². The zero-order valence-electron chi connectivity index (χ0n) is 26.4. The van der Waals surface area contributed by atoms with Crippen LogP contribution in [-0.2, 0) is 30.7 Å². The van der Waals surface area contributed by atoms with Gasteiger partial charge < -0.3 is 30.0 Å². The number of hydrogen-bond donors (Lipinski definition) is 3. The number of aromatic nitrogens is 1. The molecule has 3 heterocycles. The number of nitrogens with zero attached hydrogens (tertiary/aromatic N) is 2. The molecule has 2 aromatic carbocycles. The van der Waals surface area contributed by atoms with Crippen molar-refractivity contribution in [3.63, 3.8) is 0 Å². The Morgan fingerprint density at radius 3 is 2.68 bits per heavy atom. The summed E-state index contributed by atoms with van der Waals surface area (Å²) >= 11 is 1.41. The largest absolute Gasteiger partial charge is 0.446 e. The van der Waals surface area contributed by atoms with Crippen molar-refractivity contribution in [1.82, 2.24) is 14.6 Å². The molecule has 4 aliphatic rings. The second-order valence-corrected chi connectivity index (χ2v) is 16.6. The number of nitrogens with one attached hydrogen (secondary N) is 2. The van der Waals surface area contributed by atoms with Crippen LogP contribution in [0.25, 0.3) is 10.2 Å². The Bertz CT molecular complexity index is 1700. The van der Waals surface area contributed by atoms with Crippen LogP contribution in [0.1, 0.15) is 45.1 Å². The van der Waals surface area contributed by atoms with Crippen molar-refractivity contribution in [3.05, 3.63) is 53.8 Å². The van der Waals surface area contributed by atoms with E-state index in [1.807, 2.05) is 13.8 Å². The molecule has 47 heavy (non-hydrogen) atoms. The lowest BCUT2D eigenvalue weighted by Gasteiger charge is -2.33. The van der Waals surface area contributed by atoms with Gasteiger partial charge in [0.1, 0.15) is 11.9 Å². The van der Waals surface area contributed by atoms with E-state index >= 15 is 0 Å². The van der Waals surface area contributed by atoms with Crippen molar-refractivity contribution in [1.29, 1.82) is 0 Å². The van der Waals surface area contributed by atoms with Gasteiger partial charge in [0.15, 0.2) is 11.4 Å². The van der Waals surface area contributed by atoms with Gasteiger partial charge in [-0.25, -0.2) is 22.6 Å². The van der Waals surface area contributed by atoms with E-state index in [4.69, 9.17) is 14.2 Å². The number of sulfonamides is 1. The van der Waals surface area contributed by atoms with Crippen molar-refractivity contribution in [3.8, 4) is 0 Å². The minimum atomic E-state index is -4.05. The minimum absolute atomic E-state index is 0.0278. The second-order valence-electron chi connectivity index (χ2n) is 13.6. The van der Waals surface area contributed by atoms with Gasteiger partial charge in [-0.1, -0.05) is 37.3 Å². The maximum atomic E-state index is 14.1. The van der Waals surface area contributed by atoms with Gasteiger partial charge in [0, 0.05) is 37.4 Å². The highest BCUT2D eigenvalue weighted by Crippen LogP contribution is 2.47. The average molecular weight is 689 g/mol. The molecule has 2 aliphatic heterocycles. The molecule has 0 radical (unpaired) electrons. The third-order valence-electron chi connectivity index (χ3n) is 9.44. The van der Waals surface area contributed by atoms with Crippen LogP contribution in [0.3, 0.4) is 0 Å². The Labute approximate surface area is 277 Å². The van der Waals surface area contributed by atoms with E-state index in [0.717, 1.165) is 29.1 Å². The summed E-state index contributed by atoms with van der Waals surface area (Å²) in [6, 6.07) is 10.1. The smallest absolute Gasteiger partial charge is 0.407 e. The molecule has 11 nitrogen and oxygen atoms in total. The van der Waals surface area contributed by atoms with Crippen LogP contribution in [0.5, 0.6) is 0 Å². The van der Waals surface area contributed by atoms with E-state index in [2.05, 4.69) is 15.6 Å². The number of thiazole rings is 1. The van der Waals surface area contributed by atoms with Crippen molar-refractivity contribution >= 4 is 42.8 Å².